The Morgan fingerprint density at radius 2 is 2.00 bits per heavy atom. The average Bonchev–Trinajstić information content (AvgIpc) is 2.88. The molecule has 0 amide bonds. The lowest BCUT2D eigenvalue weighted by Gasteiger charge is -2.19. The van der Waals surface area contributed by atoms with Gasteiger partial charge in [0.05, 0.1) is 6.54 Å². The largest absolute Gasteiger partial charge is 0.346 e. The zero-order chi connectivity index (χ0) is 14.0. The lowest BCUT2D eigenvalue weighted by molar-refractivity contribution is 0.424. The van der Waals surface area contributed by atoms with Gasteiger partial charge < -0.3 is 14.5 Å². The molecule has 0 spiro atoms. The summed E-state index contributed by atoms with van der Waals surface area (Å²) in [5, 5.41) is 11.7. The minimum Gasteiger partial charge on any atom is -0.346 e. The molecule has 0 aliphatic heterocycles. The number of nitrogens with one attached hydrogen (secondary N) is 1. The van der Waals surface area contributed by atoms with E-state index in [-0.39, 0.29) is 5.54 Å². The van der Waals surface area contributed by atoms with E-state index in [0.29, 0.717) is 0 Å². The van der Waals surface area contributed by atoms with Crippen molar-refractivity contribution in [2.24, 2.45) is 7.05 Å². The zero-order valence-electron chi connectivity index (χ0n) is 12.4. The molecule has 104 valence electrons. The zero-order valence-corrected chi connectivity index (χ0v) is 12.4. The monoisotopic (exact) mass is 261 g/mol. The minimum absolute atomic E-state index is 0.142. The lowest BCUT2D eigenvalue weighted by Crippen LogP contribution is -2.34. The summed E-state index contributed by atoms with van der Waals surface area (Å²) >= 11 is 0. The molecule has 0 fully saturated rings. The molecular weight excluding hydrogens is 238 g/mol. The van der Waals surface area contributed by atoms with Gasteiger partial charge in [0, 0.05) is 31.5 Å². The minimum atomic E-state index is 0.142. The maximum absolute atomic E-state index is 4.18. The fourth-order valence-electron chi connectivity index (χ4n) is 1.81. The van der Waals surface area contributed by atoms with Gasteiger partial charge in [0.15, 0.2) is 5.82 Å². The van der Waals surface area contributed by atoms with Gasteiger partial charge in [-0.1, -0.05) is 0 Å². The molecule has 0 saturated carbocycles. The Morgan fingerprint density at radius 1 is 1.26 bits per heavy atom. The highest BCUT2D eigenvalue weighted by molar-refractivity contribution is 5.11. The third-order valence-electron chi connectivity index (χ3n) is 3.14. The second kappa shape index (κ2) is 5.17. The average molecular weight is 261 g/mol. The van der Waals surface area contributed by atoms with E-state index in [1.807, 2.05) is 18.5 Å². The molecule has 0 bridgehead atoms. The molecule has 19 heavy (non-hydrogen) atoms. The Balaban J connectivity index is 2.00. The molecule has 2 heterocycles. The summed E-state index contributed by atoms with van der Waals surface area (Å²) in [6, 6.07) is 2.14. The number of hydrogen-bond donors (Lipinski definition) is 1. The first-order chi connectivity index (χ1) is 8.85. The molecule has 0 saturated heterocycles. The second-order valence-corrected chi connectivity index (χ2v) is 6.02. The van der Waals surface area contributed by atoms with Crippen LogP contribution in [0.2, 0.25) is 0 Å². The van der Waals surface area contributed by atoms with Crippen molar-refractivity contribution in [1.82, 2.24) is 24.6 Å². The van der Waals surface area contributed by atoms with Crippen molar-refractivity contribution < 1.29 is 0 Å². The van der Waals surface area contributed by atoms with Crippen molar-refractivity contribution in [3.8, 4) is 0 Å². The van der Waals surface area contributed by atoms with Crippen molar-refractivity contribution >= 4 is 0 Å². The van der Waals surface area contributed by atoms with E-state index in [1.165, 1.54) is 5.56 Å². The number of aromatic nitrogens is 4. The highest BCUT2D eigenvalue weighted by Gasteiger charge is 2.09. The van der Waals surface area contributed by atoms with E-state index < -0.39 is 0 Å². The first-order valence-electron chi connectivity index (χ1n) is 6.60. The highest BCUT2D eigenvalue weighted by Crippen LogP contribution is 2.07. The number of rotatable bonds is 4. The summed E-state index contributed by atoms with van der Waals surface area (Å²) in [6.45, 7) is 10.1. The van der Waals surface area contributed by atoms with Crippen LogP contribution in [0.1, 0.15) is 38.0 Å². The predicted octanol–water partition coefficient (Wildman–Crippen LogP) is 1.86. The van der Waals surface area contributed by atoms with Gasteiger partial charge in [-0.05, 0) is 39.3 Å². The van der Waals surface area contributed by atoms with Crippen LogP contribution < -0.4 is 5.32 Å². The molecule has 5 nitrogen and oxygen atoms in total. The summed E-state index contributed by atoms with van der Waals surface area (Å²) < 4.78 is 4.16. The van der Waals surface area contributed by atoms with Crippen LogP contribution in [-0.2, 0) is 20.1 Å². The summed E-state index contributed by atoms with van der Waals surface area (Å²) in [5.74, 6) is 1.92. The Morgan fingerprint density at radius 3 is 2.58 bits per heavy atom. The van der Waals surface area contributed by atoms with Gasteiger partial charge in [-0.2, -0.15) is 0 Å². The molecule has 2 aromatic heterocycles. The quantitative estimate of drug-likeness (QED) is 0.914. The highest BCUT2D eigenvalue weighted by atomic mass is 15.3. The summed E-state index contributed by atoms with van der Waals surface area (Å²) in [7, 11) is 2.00. The lowest BCUT2D eigenvalue weighted by atomic mass is 10.1. The SMILES string of the molecule is Cc1nnc(Cn2ccc(CNC(C)(C)C)c2)n1C. The number of nitrogens with zero attached hydrogens (tertiary/aromatic N) is 4. The van der Waals surface area contributed by atoms with Gasteiger partial charge in [0.25, 0.3) is 0 Å². The second-order valence-electron chi connectivity index (χ2n) is 6.02. The van der Waals surface area contributed by atoms with Crippen LogP contribution in [0.3, 0.4) is 0 Å². The maximum atomic E-state index is 4.18. The van der Waals surface area contributed by atoms with E-state index >= 15 is 0 Å². The van der Waals surface area contributed by atoms with E-state index in [4.69, 9.17) is 0 Å². The molecular formula is C14H23N5. The van der Waals surface area contributed by atoms with Crippen LogP contribution in [0.15, 0.2) is 18.5 Å². The normalized spacial score (nSPS) is 12.1. The first kappa shape index (κ1) is 13.8. The van der Waals surface area contributed by atoms with Gasteiger partial charge in [0.2, 0.25) is 0 Å². The van der Waals surface area contributed by atoms with Crippen LogP contribution in [0.5, 0.6) is 0 Å². The van der Waals surface area contributed by atoms with Crippen LogP contribution in [0.4, 0.5) is 0 Å². The molecule has 0 atom stereocenters. The smallest absolute Gasteiger partial charge is 0.152 e. The molecule has 5 heteroatoms. The van der Waals surface area contributed by atoms with Crippen molar-refractivity contribution in [3.63, 3.8) is 0 Å². The molecule has 2 rings (SSSR count). The van der Waals surface area contributed by atoms with Gasteiger partial charge >= 0.3 is 0 Å². The molecule has 0 aliphatic rings. The Hall–Kier alpha value is -1.62. The van der Waals surface area contributed by atoms with E-state index in [9.17, 15) is 0 Å². The Labute approximate surface area is 114 Å². The van der Waals surface area contributed by atoms with Gasteiger partial charge in [-0.3, -0.25) is 0 Å². The van der Waals surface area contributed by atoms with Crippen LogP contribution >= 0.6 is 0 Å². The molecule has 1 N–H and O–H groups in total. The van der Waals surface area contributed by atoms with Crippen molar-refractivity contribution in [2.45, 2.75) is 46.3 Å². The number of hydrogen-bond acceptors (Lipinski definition) is 3. The maximum Gasteiger partial charge on any atom is 0.152 e. The fourth-order valence-corrected chi connectivity index (χ4v) is 1.81. The van der Waals surface area contributed by atoms with Crippen molar-refractivity contribution in [3.05, 3.63) is 35.7 Å². The third kappa shape index (κ3) is 3.67. The fraction of sp³-hybridized carbons (Fsp3) is 0.571. The summed E-state index contributed by atoms with van der Waals surface area (Å²) in [6.07, 6.45) is 4.24. The summed E-state index contributed by atoms with van der Waals surface area (Å²) in [4.78, 5) is 0. The van der Waals surface area contributed by atoms with Crippen LogP contribution in [0, 0.1) is 6.92 Å². The van der Waals surface area contributed by atoms with E-state index in [2.05, 4.69) is 59.3 Å². The molecule has 2 aromatic rings. The van der Waals surface area contributed by atoms with Gasteiger partial charge in [-0.15, -0.1) is 10.2 Å². The predicted molar refractivity (Wildman–Crippen MR) is 75.9 cm³/mol. The molecule has 0 unspecified atom stereocenters. The van der Waals surface area contributed by atoms with Gasteiger partial charge in [-0.25, -0.2) is 0 Å². The topological polar surface area (TPSA) is 47.7 Å². The molecule has 0 radical (unpaired) electrons. The van der Waals surface area contributed by atoms with Crippen LogP contribution in [0.25, 0.3) is 0 Å². The first-order valence-corrected chi connectivity index (χ1v) is 6.60. The van der Waals surface area contributed by atoms with Crippen LogP contribution in [-0.4, -0.2) is 24.9 Å². The third-order valence-corrected chi connectivity index (χ3v) is 3.14. The molecule has 0 aliphatic carbocycles. The van der Waals surface area contributed by atoms with Crippen molar-refractivity contribution in [2.75, 3.05) is 0 Å². The van der Waals surface area contributed by atoms with E-state index in [1.54, 1.807) is 0 Å². The Bertz CT molecular complexity index is 544. The molecule has 0 aromatic carbocycles. The van der Waals surface area contributed by atoms with E-state index in [0.717, 1.165) is 24.7 Å². The van der Waals surface area contributed by atoms with Crippen molar-refractivity contribution in [1.29, 1.82) is 0 Å². The Kier molecular flexibility index (Phi) is 3.75. The number of aryl methyl sites for hydroxylation is 1. The summed E-state index contributed by atoms with van der Waals surface area (Å²) in [5.41, 5.74) is 1.43. The van der Waals surface area contributed by atoms with Gasteiger partial charge in [0.1, 0.15) is 5.82 Å². The standard InChI is InChI=1S/C14H23N5/c1-11-16-17-13(18(11)5)10-19-7-6-12(9-19)8-15-14(2,3)4/h6-7,9,15H,8,10H2,1-5H3.